The molecule has 2 heterocycles. The molecule has 0 bridgehead atoms. The zero-order chi connectivity index (χ0) is 26.4. The van der Waals surface area contributed by atoms with Crippen molar-refractivity contribution in [1.82, 2.24) is 0 Å². The molecule has 1 N–H and O–H groups in total. The molecule has 2 amide bonds. The van der Waals surface area contributed by atoms with Gasteiger partial charge in [0, 0.05) is 0 Å². The number of nitrogens with zero attached hydrogens (tertiary/aromatic N) is 2. The maximum Gasteiger partial charge on any atom is 0.339 e. The van der Waals surface area contributed by atoms with E-state index in [0.29, 0.717) is 5.69 Å². The Morgan fingerprint density at radius 2 is 1.65 bits per heavy atom. The summed E-state index contributed by atoms with van der Waals surface area (Å²) in [6.07, 6.45) is -1.21. The minimum absolute atomic E-state index is 0.0120. The van der Waals surface area contributed by atoms with Crippen molar-refractivity contribution in [2.45, 2.75) is 12.1 Å². The SMILES string of the molecule is COc1ccc([C@H]2[C@H]3C(=O)N(c4ccc(Cl)c(Cl)c4)C(=O)[C@@H]3ON2c2ccccc2)c(C(=O)O)c1OC. The molecule has 190 valence electrons. The first kappa shape index (κ1) is 24.9. The summed E-state index contributed by atoms with van der Waals surface area (Å²) in [5, 5.41) is 12.0. The van der Waals surface area contributed by atoms with Crippen LogP contribution in [0.25, 0.3) is 0 Å². The third kappa shape index (κ3) is 3.96. The smallest absolute Gasteiger partial charge is 0.339 e. The zero-order valence-electron chi connectivity index (χ0n) is 19.6. The Morgan fingerprint density at radius 3 is 2.27 bits per heavy atom. The van der Waals surface area contributed by atoms with Gasteiger partial charge in [-0.05, 0) is 42.0 Å². The van der Waals surface area contributed by atoms with E-state index >= 15 is 0 Å². The van der Waals surface area contributed by atoms with Gasteiger partial charge in [0.1, 0.15) is 11.5 Å². The molecule has 9 nitrogen and oxygen atoms in total. The van der Waals surface area contributed by atoms with E-state index in [1.807, 2.05) is 0 Å². The van der Waals surface area contributed by atoms with Crippen LogP contribution in [-0.2, 0) is 14.4 Å². The van der Waals surface area contributed by atoms with E-state index in [2.05, 4.69) is 0 Å². The Morgan fingerprint density at radius 1 is 0.919 bits per heavy atom. The summed E-state index contributed by atoms with van der Waals surface area (Å²) in [6.45, 7) is 0. The number of carbonyl (C=O) groups is 3. The third-order valence-electron chi connectivity index (χ3n) is 6.40. The van der Waals surface area contributed by atoms with Crippen molar-refractivity contribution in [2.75, 3.05) is 24.2 Å². The van der Waals surface area contributed by atoms with Crippen LogP contribution in [0.2, 0.25) is 10.0 Å². The van der Waals surface area contributed by atoms with Crippen molar-refractivity contribution >= 4 is 52.4 Å². The summed E-state index contributed by atoms with van der Waals surface area (Å²) in [5.41, 5.74) is 0.789. The average molecular weight is 543 g/mol. The van der Waals surface area contributed by atoms with Gasteiger partial charge in [0.05, 0.1) is 41.7 Å². The topological polar surface area (TPSA) is 106 Å². The number of ether oxygens (including phenoxy) is 2. The number of para-hydroxylation sites is 1. The molecule has 0 spiro atoms. The van der Waals surface area contributed by atoms with Gasteiger partial charge in [-0.25, -0.2) is 14.8 Å². The summed E-state index contributed by atoms with van der Waals surface area (Å²) in [5.74, 6) is -3.34. The van der Waals surface area contributed by atoms with Gasteiger partial charge in [-0.2, -0.15) is 0 Å². The van der Waals surface area contributed by atoms with Crippen LogP contribution in [0.5, 0.6) is 11.5 Å². The van der Waals surface area contributed by atoms with Crippen molar-refractivity contribution in [2.24, 2.45) is 5.92 Å². The molecule has 2 aliphatic rings. The number of hydroxylamine groups is 1. The van der Waals surface area contributed by atoms with Crippen LogP contribution in [0.1, 0.15) is 22.0 Å². The maximum absolute atomic E-state index is 13.8. The number of imide groups is 1. The second-order valence-corrected chi connectivity index (χ2v) is 9.15. The number of carboxylic acids is 1. The second kappa shape index (κ2) is 9.59. The van der Waals surface area contributed by atoms with Gasteiger partial charge in [0.15, 0.2) is 17.6 Å². The summed E-state index contributed by atoms with van der Waals surface area (Å²) >= 11 is 12.2. The number of amides is 2. The molecular weight excluding hydrogens is 523 g/mol. The average Bonchev–Trinajstić information content (AvgIpc) is 3.40. The number of methoxy groups -OCH3 is 2. The first-order valence-electron chi connectivity index (χ1n) is 11.1. The lowest BCUT2D eigenvalue weighted by Gasteiger charge is -2.30. The number of fused-ring (bicyclic) bond motifs is 1. The van der Waals surface area contributed by atoms with Gasteiger partial charge < -0.3 is 14.6 Å². The highest BCUT2D eigenvalue weighted by molar-refractivity contribution is 6.42. The molecule has 3 atom stereocenters. The van der Waals surface area contributed by atoms with Crippen LogP contribution in [0.3, 0.4) is 0 Å². The first-order valence-corrected chi connectivity index (χ1v) is 11.9. The monoisotopic (exact) mass is 542 g/mol. The Balaban J connectivity index is 1.69. The quantitative estimate of drug-likeness (QED) is 0.444. The standard InChI is InChI=1S/C26H20Cl2N2O7/c1-35-18-11-9-15(19(26(33)34)22(18)36-2)21-20-23(37-30(21)13-6-4-3-5-7-13)25(32)29(24(20)31)14-8-10-16(27)17(28)12-14/h3-12,20-21,23H,1-2H3,(H,33,34)/t20-,21+,23-/m1/s1. The van der Waals surface area contributed by atoms with Crippen LogP contribution in [0.15, 0.2) is 60.7 Å². The van der Waals surface area contributed by atoms with E-state index in [1.54, 1.807) is 36.4 Å². The molecule has 37 heavy (non-hydrogen) atoms. The van der Waals surface area contributed by atoms with Gasteiger partial charge in [-0.1, -0.05) is 47.5 Å². The van der Waals surface area contributed by atoms with Gasteiger partial charge in [0.2, 0.25) is 5.91 Å². The van der Waals surface area contributed by atoms with Crippen LogP contribution in [0.4, 0.5) is 11.4 Å². The number of anilines is 2. The number of halogens is 2. The van der Waals surface area contributed by atoms with Crippen LogP contribution in [0, 0.1) is 5.92 Å². The van der Waals surface area contributed by atoms with Crippen LogP contribution >= 0.6 is 23.2 Å². The highest BCUT2D eigenvalue weighted by Crippen LogP contribution is 2.50. The normalized spacial score (nSPS) is 20.8. The molecule has 2 saturated heterocycles. The molecule has 0 saturated carbocycles. The van der Waals surface area contributed by atoms with Crippen LogP contribution in [-0.4, -0.2) is 43.2 Å². The molecule has 2 fully saturated rings. The molecule has 0 aromatic heterocycles. The summed E-state index contributed by atoms with van der Waals surface area (Å²) in [7, 11) is 2.72. The molecule has 0 aliphatic carbocycles. The molecule has 0 unspecified atom stereocenters. The highest BCUT2D eigenvalue weighted by atomic mass is 35.5. The Bertz CT molecular complexity index is 1420. The number of carbonyl (C=O) groups excluding carboxylic acids is 2. The third-order valence-corrected chi connectivity index (χ3v) is 7.14. The summed E-state index contributed by atoms with van der Waals surface area (Å²) in [6, 6.07) is 15.3. The lowest BCUT2D eigenvalue weighted by atomic mass is 9.87. The Hall–Kier alpha value is -3.79. The van der Waals surface area contributed by atoms with E-state index in [1.165, 1.54) is 43.5 Å². The molecule has 2 aliphatic heterocycles. The molecule has 3 aromatic carbocycles. The van der Waals surface area contributed by atoms with Crippen molar-refractivity contribution in [3.8, 4) is 11.5 Å². The van der Waals surface area contributed by atoms with Crippen molar-refractivity contribution in [3.05, 3.63) is 81.8 Å². The number of rotatable bonds is 6. The predicted molar refractivity (Wildman–Crippen MR) is 135 cm³/mol. The van der Waals surface area contributed by atoms with Crippen LogP contribution < -0.4 is 19.4 Å². The van der Waals surface area contributed by atoms with Gasteiger partial charge in [0.25, 0.3) is 5.91 Å². The van der Waals surface area contributed by atoms with E-state index in [-0.39, 0.29) is 38.4 Å². The number of carboxylic acid groups (broad SMARTS) is 1. The molecule has 5 rings (SSSR count). The lowest BCUT2D eigenvalue weighted by Crippen LogP contribution is -2.37. The lowest BCUT2D eigenvalue weighted by molar-refractivity contribution is -0.126. The molecular formula is C26H20Cl2N2O7. The zero-order valence-corrected chi connectivity index (χ0v) is 21.1. The van der Waals surface area contributed by atoms with Crippen molar-refractivity contribution in [3.63, 3.8) is 0 Å². The van der Waals surface area contributed by atoms with Gasteiger partial charge >= 0.3 is 5.97 Å². The fourth-order valence-corrected chi connectivity index (χ4v) is 5.11. The highest BCUT2D eigenvalue weighted by Gasteiger charge is 2.61. The second-order valence-electron chi connectivity index (χ2n) is 8.34. The number of benzene rings is 3. The van der Waals surface area contributed by atoms with Crippen molar-refractivity contribution in [1.29, 1.82) is 0 Å². The fourth-order valence-electron chi connectivity index (χ4n) is 4.82. The molecule has 11 heteroatoms. The van der Waals surface area contributed by atoms with E-state index in [0.717, 1.165) is 4.90 Å². The number of hydrogen-bond acceptors (Lipinski definition) is 7. The summed E-state index contributed by atoms with van der Waals surface area (Å²) in [4.78, 5) is 46.9. The van der Waals surface area contributed by atoms with E-state index < -0.39 is 35.8 Å². The Labute approximate surface area is 221 Å². The van der Waals surface area contributed by atoms with E-state index in [9.17, 15) is 19.5 Å². The number of aromatic carboxylic acids is 1. The number of hydrogen-bond donors (Lipinski definition) is 1. The fraction of sp³-hybridized carbons (Fsp3) is 0.192. The Kier molecular flexibility index (Phi) is 6.45. The summed E-state index contributed by atoms with van der Waals surface area (Å²) < 4.78 is 10.7. The van der Waals surface area contributed by atoms with Gasteiger partial charge in [-0.3, -0.25) is 14.4 Å². The van der Waals surface area contributed by atoms with E-state index in [4.69, 9.17) is 37.5 Å². The molecule has 0 radical (unpaired) electrons. The maximum atomic E-state index is 13.8. The minimum Gasteiger partial charge on any atom is -0.493 e. The predicted octanol–water partition coefficient (Wildman–Crippen LogP) is 4.76. The van der Waals surface area contributed by atoms with Gasteiger partial charge in [-0.15, -0.1) is 0 Å². The molecule has 3 aromatic rings. The largest absolute Gasteiger partial charge is 0.493 e. The minimum atomic E-state index is -1.29. The van der Waals surface area contributed by atoms with Crippen molar-refractivity contribution < 1.29 is 33.8 Å². The first-order chi connectivity index (χ1) is 17.8.